The van der Waals surface area contributed by atoms with Crippen LogP contribution in [0.25, 0.3) is 27.1 Å². The minimum atomic E-state index is -4.12. The van der Waals surface area contributed by atoms with Gasteiger partial charge in [0.2, 0.25) is 12.3 Å². The van der Waals surface area contributed by atoms with E-state index in [1.807, 2.05) is 53.4 Å². The summed E-state index contributed by atoms with van der Waals surface area (Å²) < 4.78 is 78.6. The first-order valence-corrected chi connectivity index (χ1v) is 17.3. The summed E-state index contributed by atoms with van der Waals surface area (Å²) in [6.45, 7) is 0.832. The maximum absolute atomic E-state index is 11.5. The first-order valence-electron chi connectivity index (χ1n) is 12.4. The molecule has 3 aromatic carbocycles. The van der Waals surface area contributed by atoms with E-state index in [4.69, 9.17) is 9.47 Å². The minimum Gasteiger partial charge on any atom is -0.454 e. The Morgan fingerprint density at radius 2 is 1.68 bits per heavy atom. The Balaban J connectivity index is 1.45. The molecule has 14 heteroatoms. The fraction of sp³-hybridized carbons (Fsp3) is 0.269. The monoisotopic (exact) mass is 621 g/mol. The van der Waals surface area contributed by atoms with Crippen LogP contribution in [0.4, 0.5) is 5.69 Å². The SMILES string of the molecule is O=S(=O)(O)CCCN1C(=Cc2sc3ccc4ccccc4c3[n+]2CCCS(=O)(=O)O)Sc2cc3c(cc21)OCO3. The zero-order chi connectivity index (χ0) is 28.1. The van der Waals surface area contributed by atoms with E-state index in [0.29, 0.717) is 24.6 Å². The largest absolute Gasteiger partial charge is 0.454 e. The van der Waals surface area contributed by atoms with E-state index in [-0.39, 0.29) is 31.1 Å². The number of anilines is 1. The van der Waals surface area contributed by atoms with Gasteiger partial charge in [-0.3, -0.25) is 9.11 Å². The first-order chi connectivity index (χ1) is 19.1. The Labute approximate surface area is 239 Å². The molecule has 3 heterocycles. The van der Waals surface area contributed by atoms with Crippen LogP contribution in [-0.4, -0.2) is 50.8 Å². The van der Waals surface area contributed by atoms with E-state index in [2.05, 4.69) is 10.6 Å². The second-order valence-electron chi connectivity index (χ2n) is 9.41. The third-order valence-electron chi connectivity index (χ3n) is 6.65. The zero-order valence-corrected chi connectivity index (χ0v) is 24.3. The number of thioether (sulfide) groups is 1. The third kappa shape index (κ3) is 5.64. The fourth-order valence-electron chi connectivity index (χ4n) is 4.95. The lowest BCUT2D eigenvalue weighted by Crippen LogP contribution is -2.36. The summed E-state index contributed by atoms with van der Waals surface area (Å²) in [6.07, 6.45) is 2.44. The maximum atomic E-state index is 11.5. The van der Waals surface area contributed by atoms with Gasteiger partial charge >= 0.3 is 0 Å². The molecule has 2 aliphatic heterocycles. The zero-order valence-electron chi connectivity index (χ0n) is 21.0. The number of aromatic nitrogens is 1. The van der Waals surface area contributed by atoms with Crippen molar-refractivity contribution in [3.05, 3.63) is 58.6 Å². The Morgan fingerprint density at radius 1 is 0.950 bits per heavy atom. The summed E-state index contributed by atoms with van der Waals surface area (Å²) in [5, 5.41) is 3.80. The molecule has 2 N–H and O–H groups in total. The van der Waals surface area contributed by atoms with Crippen molar-refractivity contribution in [2.75, 3.05) is 29.7 Å². The highest BCUT2D eigenvalue weighted by molar-refractivity contribution is 8.04. The van der Waals surface area contributed by atoms with Gasteiger partial charge in [-0.1, -0.05) is 47.4 Å². The molecule has 0 radical (unpaired) electrons. The van der Waals surface area contributed by atoms with Gasteiger partial charge in [0, 0.05) is 30.0 Å². The van der Waals surface area contributed by atoms with Crippen molar-refractivity contribution >= 4 is 76.1 Å². The Kier molecular flexibility index (Phi) is 7.17. The van der Waals surface area contributed by atoms with Crippen LogP contribution in [0.1, 0.15) is 17.8 Å². The molecule has 0 bridgehead atoms. The van der Waals surface area contributed by atoms with Gasteiger partial charge in [0.1, 0.15) is 4.70 Å². The van der Waals surface area contributed by atoms with Gasteiger partial charge in [0.05, 0.1) is 33.7 Å². The van der Waals surface area contributed by atoms with Crippen molar-refractivity contribution in [2.45, 2.75) is 24.3 Å². The molecule has 210 valence electrons. The summed E-state index contributed by atoms with van der Waals surface area (Å²) in [4.78, 5) is 2.92. The van der Waals surface area contributed by atoms with Gasteiger partial charge in [0.15, 0.2) is 18.0 Å². The number of fused-ring (bicyclic) bond motifs is 5. The number of aryl methyl sites for hydroxylation is 1. The molecule has 0 saturated heterocycles. The van der Waals surface area contributed by atoms with Crippen LogP contribution in [0.15, 0.2) is 58.5 Å². The summed E-state index contributed by atoms with van der Waals surface area (Å²) in [7, 11) is -8.23. The topological polar surface area (TPSA) is 134 Å². The van der Waals surface area contributed by atoms with E-state index in [1.165, 1.54) is 11.8 Å². The quantitative estimate of drug-likeness (QED) is 0.203. The van der Waals surface area contributed by atoms with Crippen molar-refractivity contribution in [3.8, 4) is 11.5 Å². The number of benzene rings is 3. The predicted octanol–water partition coefficient (Wildman–Crippen LogP) is 4.54. The maximum Gasteiger partial charge on any atom is 0.265 e. The summed E-state index contributed by atoms with van der Waals surface area (Å²) in [5.41, 5.74) is 1.82. The lowest BCUT2D eigenvalue weighted by molar-refractivity contribution is -0.667. The number of thiazole rings is 1. The standard InChI is InChI=1S/C26H24N2O8S4/c29-39(30,31)11-3-9-27-19-13-20-21(36-16-35-20)14-23(19)38-24(27)15-25-28(10-4-12-40(32,33)34)26-18-6-2-1-5-17(18)7-8-22(26)37-25/h1-2,5-8,13-15H,3-4,9-12,16H2,(H-,29,30,31,32,33,34)/p+1. The molecule has 6 rings (SSSR count). The lowest BCUT2D eigenvalue weighted by Gasteiger charge is -2.20. The van der Waals surface area contributed by atoms with E-state index in [0.717, 1.165) is 41.6 Å². The molecule has 0 spiro atoms. The Morgan fingerprint density at radius 3 is 2.45 bits per heavy atom. The van der Waals surface area contributed by atoms with Crippen LogP contribution >= 0.6 is 23.1 Å². The summed E-state index contributed by atoms with van der Waals surface area (Å²) in [5.74, 6) is 0.519. The van der Waals surface area contributed by atoms with Gasteiger partial charge in [0.25, 0.3) is 25.2 Å². The van der Waals surface area contributed by atoms with Crippen LogP contribution in [0, 0.1) is 0 Å². The molecular weight excluding hydrogens is 597 g/mol. The number of nitrogens with zero attached hydrogens (tertiary/aromatic N) is 2. The molecule has 0 fully saturated rings. The van der Waals surface area contributed by atoms with E-state index >= 15 is 0 Å². The molecule has 0 unspecified atom stereocenters. The van der Waals surface area contributed by atoms with Crippen molar-refractivity contribution in [1.82, 2.24) is 0 Å². The van der Waals surface area contributed by atoms with Gasteiger partial charge in [-0.2, -0.15) is 21.4 Å². The first kappa shape index (κ1) is 27.3. The minimum absolute atomic E-state index is 0.133. The molecule has 40 heavy (non-hydrogen) atoms. The average molecular weight is 622 g/mol. The summed E-state index contributed by atoms with van der Waals surface area (Å²) >= 11 is 3.07. The highest BCUT2D eigenvalue weighted by atomic mass is 32.2. The highest BCUT2D eigenvalue weighted by Crippen LogP contribution is 2.52. The molecule has 0 aliphatic carbocycles. The fourth-order valence-corrected chi connectivity index (χ4v) is 8.29. The van der Waals surface area contributed by atoms with Crippen LogP contribution in [-0.2, 0) is 26.8 Å². The number of hydrogen-bond donors (Lipinski definition) is 2. The molecule has 0 amide bonds. The average Bonchev–Trinajstić information content (AvgIpc) is 3.57. The van der Waals surface area contributed by atoms with Crippen LogP contribution < -0.4 is 18.9 Å². The van der Waals surface area contributed by atoms with Gasteiger partial charge in [-0.15, -0.1) is 0 Å². The number of hydrogen-bond acceptors (Lipinski definition) is 9. The summed E-state index contributed by atoms with van der Waals surface area (Å²) in [6, 6.07) is 15.9. The molecule has 2 aliphatic rings. The molecule has 10 nitrogen and oxygen atoms in total. The van der Waals surface area contributed by atoms with Crippen molar-refractivity contribution in [1.29, 1.82) is 0 Å². The molecular formula is C26H25N2O8S4+. The number of rotatable bonds is 9. The normalized spacial score (nSPS) is 15.9. The van der Waals surface area contributed by atoms with Gasteiger partial charge in [-0.05, 0) is 23.9 Å². The van der Waals surface area contributed by atoms with Gasteiger partial charge in [-0.25, -0.2) is 0 Å². The Bertz CT molecular complexity index is 1880. The third-order valence-corrected chi connectivity index (χ3v) is 10.5. The van der Waals surface area contributed by atoms with Crippen LogP contribution in [0.2, 0.25) is 0 Å². The van der Waals surface area contributed by atoms with Crippen LogP contribution in [0.5, 0.6) is 11.5 Å². The van der Waals surface area contributed by atoms with Crippen molar-refractivity contribution in [2.24, 2.45) is 0 Å². The van der Waals surface area contributed by atoms with Crippen LogP contribution in [0.3, 0.4) is 0 Å². The molecule has 0 atom stereocenters. The molecule has 0 saturated carbocycles. The molecule has 4 aromatic rings. The number of ether oxygens (including phenoxy) is 2. The second kappa shape index (κ2) is 10.5. The Hall–Kier alpha value is -2.88. The van der Waals surface area contributed by atoms with Crippen molar-refractivity contribution < 1.29 is 40.0 Å². The van der Waals surface area contributed by atoms with Gasteiger partial charge < -0.3 is 14.4 Å². The lowest BCUT2D eigenvalue weighted by atomic mass is 10.1. The molecule has 1 aromatic heterocycles. The van der Waals surface area contributed by atoms with E-state index < -0.39 is 20.2 Å². The second-order valence-corrected chi connectivity index (χ2v) is 14.7. The highest BCUT2D eigenvalue weighted by Gasteiger charge is 2.31. The smallest absolute Gasteiger partial charge is 0.265 e. The van der Waals surface area contributed by atoms with E-state index in [9.17, 15) is 25.9 Å². The van der Waals surface area contributed by atoms with E-state index in [1.54, 1.807) is 11.3 Å². The van der Waals surface area contributed by atoms with Crippen molar-refractivity contribution in [3.63, 3.8) is 0 Å². The predicted molar refractivity (Wildman–Crippen MR) is 155 cm³/mol.